The highest BCUT2D eigenvalue weighted by molar-refractivity contribution is 7.89. The van der Waals surface area contributed by atoms with Gasteiger partial charge < -0.3 is 5.32 Å². The average molecular weight is 298 g/mol. The monoisotopic (exact) mass is 298 g/mol. The highest BCUT2D eigenvalue weighted by atomic mass is 32.2. The number of aryl methyl sites for hydroxylation is 1. The van der Waals surface area contributed by atoms with Gasteiger partial charge >= 0.3 is 0 Å². The van der Waals surface area contributed by atoms with Crippen LogP contribution in [0.15, 0.2) is 23.1 Å². The topological polar surface area (TPSA) is 89.3 Å². The third kappa shape index (κ3) is 4.61. The maximum absolute atomic E-state index is 12.2. The van der Waals surface area contributed by atoms with Gasteiger partial charge in [-0.2, -0.15) is 0 Å². The van der Waals surface area contributed by atoms with Crippen molar-refractivity contribution in [3.8, 4) is 0 Å². The maximum Gasteiger partial charge on any atom is 0.251 e. The highest BCUT2D eigenvalue weighted by Crippen LogP contribution is 2.14. The summed E-state index contributed by atoms with van der Waals surface area (Å²) in [4.78, 5) is 12.1. The number of carbonyl (C=O) groups is 1. The number of sulfonamides is 1. The lowest BCUT2D eigenvalue weighted by Crippen LogP contribution is -2.34. The number of carbonyl (C=O) groups excluding carboxylic acids is 1. The van der Waals surface area contributed by atoms with E-state index in [2.05, 4.69) is 12.2 Å². The molecule has 0 bridgehead atoms. The number of rotatable bonds is 6. The number of benzene rings is 1. The molecule has 6 heteroatoms. The van der Waals surface area contributed by atoms with Crippen molar-refractivity contribution in [1.29, 1.82) is 0 Å². The fourth-order valence-corrected chi connectivity index (χ4v) is 2.68. The minimum Gasteiger partial charge on any atom is -0.349 e. The van der Waals surface area contributed by atoms with Crippen LogP contribution in [0.25, 0.3) is 0 Å². The van der Waals surface area contributed by atoms with Crippen molar-refractivity contribution in [2.75, 3.05) is 0 Å². The van der Waals surface area contributed by atoms with Crippen LogP contribution in [0.4, 0.5) is 0 Å². The normalized spacial score (nSPS) is 13.0. The van der Waals surface area contributed by atoms with Crippen LogP contribution < -0.4 is 10.5 Å². The van der Waals surface area contributed by atoms with Crippen molar-refractivity contribution in [3.05, 3.63) is 29.3 Å². The number of primary sulfonamides is 1. The molecule has 0 saturated heterocycles. The van der Waals surface area contributed by atoms with E-state index in [0.29, 0.717) is 11.1 Å². The summed E-state index contributed by atoms with van der Waals surface area (Å²) in [6, 6.07) is 4.53. The summed E-state index contributed by atoms with van der Waals surface area (Å²) in [7, 11) is -3.81. The second-order valence-electron chi connectivity index (χ2n) is 4.95. The average Bonchev–Trinajstić information content (AvgIpc) is 2.36. The number of nitrogens with two attached hydrogens (primary N) is 1. The van der Waals surface area contributed by atoms with Gasteiger partial charge in [-0.05, 0) is 43.5 Å². The molecule has 0 saturated carbocycles. The van der Waals surface area contributed by atoms with Gasteiger partial charge in [-0.1, -0.05) is 20.3 Å². The molecule has 1 rings (SSSR count). The quantitative estimate of drug-likeness (QED) is 0.841. The number of hydrogen-bond acceptors (Lipinski definition) is 3. The van der Waals surface area contributed by atoms with Crippen molar-refractivity contribution in [2.24, 2.45) is 5.14 Å². The van der Waals surface area contributed by atoms with Crippen LogP contribution in [0.5, 0.6) is 0 Å². The molecule has 0 aliphatic heterocycles. The van der Waals surface area contributed by atoms with E-state index in [-0.39, 0.29) is 16.8 Å². The van der Waals surface area contributed by atoms with Crippen LogP contribution >= 0.6 is 0 Å². The van der Waals surface area contributed by atoms with Crippen molar-refractivity contribution >= 4 is 15.9 Å². The zero-order chi connectivity index (χ0) is 15.3. The SMILES string of the molecule is CCCC(CC)NC(=O)c1cc(C)cc(S(N)(=O)=O)c1. The molecule has 1 atom stereocenters. The Balaban J connectivity index is 3.02. The Kier molecular flexibility index (Phi) is 5.71. The third-order valence-corrected chi connectivity index (χ3v) is 4.00. The largest absolute Gasteiger partial charge is 0.349 e. The first-order valence-electron chi connectivity index (χ1n) is 6.73. The summed E-state index contributed by atoms with van der Waals surface area (Å²) >= 11 is 0. The molecular formula is C14H22N2O3S. The van der Waals surface area contributed by atoms with Crippen LogP contribution in [0, 0.1) is 6.92 Å². The Bertz CT molecular complexity index is 582. The molecule has 0 radical (unpaired) electrons. The molecule has 1 amide bonds. The van der Waals surface area contributed by atoms with Crippen molar-refractivity contribution in [1.82, 2.24) is 5.32 Å². The van der Waals surface area contributed by atoms with Gasteiger partial charge in [-0.25, -0.2) is 13.6 Å². The van der Waals surface area contributed by atoms with E-state index in [1.807, 2.05) is 6.92 Å². The van der Waals surface area contributed by atoms with Gasteiger partial charge in [0.05, 0.1) is 4.90 Å². The molecule has 5 nitrogen and oxygen atoms in total. The van der Waals surface area contributed by atoms with Crippen LogP contribution in [0.1, 0.15) is 49.0 Å². The predicted molar refractivity (Wildman–Crippen MR) is 79.0 cm³/mol. The van der Waals surface area contributed by atoms with Crippen LogP contribution in [0.3, 0.4) is 0 Å². The van der Waals surface area contributed by atoms with Gasteiger partial charge in [-0.15, -0.1) is 0 Å². The summed E-state index contributed by atoms with van der Waals surface area (Å²) in [5, 5.41) is 8.03. The van der Waals surface area contributed by atoms with Crippen LogP contribution in [-0.4, -0.2) is 20.4 Å². The predicted octanol–water partition coefficient (Wildman–Crippen LogP) is 1.95. The summed E-state index contributed by atoms with van der Waals surface area (Å²) in [6.45, 7) is 5.79. The first kappa shape index (κ1) is 16.7. The smallest absolute Gasteiger partial charge is 0.251 e. The highest BCUT2D eigenvalue weighted by Gasteiger charge is 2.15. The first-order valence-corrected chi connectivity index (χ1v) is 8.28. The minimum absolute atomic E-state index is 0.0359. The van der Waals surface area contributed by atoms with Crippen LogP contribution in [0.2, 0.25) is 0 Å². The summed E-state index contributed by atoms with van der Waals surface area (Å²) in [6.07, 6.45) is 2.72. The van der Waals surface area contributed by atoms with Gasteiger partial charge in [0, 0.05) is 11.6 Å². The molecule has 0 heterocycles. The second-order valence-corrected chi connectivity index (χ2v) is 6.51. The fourth-order valence-electron chi connectivity index (χ4n) is 2.04. The number of hydrogen-bond donors (Lipinski definition) is 2. The molecule has 112 valence electrons. The Morgan fingerprint density at radius 2 is 1.95 bits per heavy atom. The van der Waals surface area contributed by atoms with Crippen LogP contribution in [-0.2, 0) is 10.0 Å². The van der Waals surface area contributed by atoms with Gasteiger partial charge in [0.25, 0.3) is 5.91 Å². The molecule has 0 aliphatic rings. The fraction of sp³-hybridized carbons (Fsp3) is 0.500. The minimum atomic E-state index is -3.81. The van der Waals surface area contributed by atoms with E-state index in [1.165, 1.54) is 12.1 Å². The number of nitrogens with one attached hydrogen (secondary N) is 1. The molecular weight excluding hydrogens is 276 g/mol. The zero-order valence-electron chi connectivity index (χ0n) is 12.1. The van der Waals surface area contributed by atoms with Crippen molar-refractivity contribution in [2.45, 2.75) is 51.0 Å². The zero-order valence-corrected chi connectivity index (χ0v) is 13.0. The van der Waals surface area contributed by atoms with E-state index in [0.717, 1.165) is 19.3 Å². The lowest BCUT2D eigenvalue weighted by Gasteiger charge is -2.16. The Labute approximate surface area is 120 Å². The maximum atomic E-state index is 12.2. The molecule has 1 aromatic carbocycles. The van der Waals surface area contributed by atoms with E-state index in [4.69, 9.17) is 5.14 Å². The summed E-state index contributed by atoms with van der Waals surface area (Å²) < 4.78 is 22.8. The van der Waals surface area contributed by atoms with E-state index in [9.17, 15) is 13.2 Å². The van der Waals surface area contributed by atoms with E-state index < -0.39 is 10.0 Å². The molecule has 20 heavy (non-hydrogen) atoms. The van der Waals surface area contributed by atoms with Crippen molar-refractivity contribution < 1.29 is 13.2 Å². The molecule has 1 aromatic rings. The summed E-state index contributed by atoms with van der Waals surface area (Å²) in [5.74, 6) is -0.265. The first-order chi connectivity index (χ1) is 9.27. The second kappa shape index (κ2) is 6.85. The Hall–Kier alpha value is -1.40. The van der Waals surface area contributed by atoms with Gasteiger partial charge in [-0.3, -0.25) is 4.79 Å². The van der Waals surface area contributed by atoms with E-state index in [1.54, 1.807) is 13.0 Å². The molecule has 3 N–H and O–H groups in total. The van der Waals surface area contributed by atoms with E-state index >= 15 is 0 Å². The number of amides is 1. The lowest BCUT2D eigenvalue weighted by molar-refractivity contribution is 0.0933. The standard InChI is InChI=1S/C14H22N2O3S/c1-4-6-12(5-2)16-14(17)11-7-10(3)8-13(9-11)20(15,18)19/h7-9,12H,4-6H2,1-3H3,(H,16,17)(H2,15,18,19). The Morgan fingerprint density at radius 1 is 1.30 bits per heavy atom. The molecule has 1 unspecified atom stereocenters. The van der Waals surface area contributed by atoms with Crippen molar-refractivity contribution in [3.63, 3.8) is 0 Å². The lowest BCUT2D eigenvalue weighted by atomic mass is 10.1. The summed E-state index contributed by atoms with van der Waals surface area (Å²) in [5.41, 5.74) is 1.01. The third-order valence-electron chi connectivity index (χ3n) is 3.11. The van der Waals surface area contributed by atoms with Gasteiger partial charge in [0.1, 0.15) is 0 Å². The van der Waals surface area contributed by atoms with Gasteiger partial charge in [0.15, 0.2) is 0 Å². The molecule has 0 fully saturated rings. The van der Waals surface area contributed by atoms with Gasteiger partial charge in [0.2, 0.25) is 10.0 Å². The molecule has 0 spiro atoms. The molecule has 0 aromatic heterocycles. The molecule has 0 aliphatic carbocycles. The Morgan fingerprint density at radius 3 is 2.45 bits per heavy atom.